The van der Waals surface area contributed by atoms with E-state index in [1.165, 1.54) is 244 Å². The number of hydrogen-bond donors (Lipinski definition) is 2. The molecular formula is C42H92Cl2N2. The Bertz CT molecular complexity index is 423. The molecule has 0 aliphatic rings. The van der Waals surface area contributed by atoms with Gasteiger partial charge in [0.25, 0.3) is 0 Å². The van der Waals surface area contributed by atoms with E-state index < -0.39 is 0 Å². The molecule has 0 saturated heterocycles. The standard InChI is InChI=1S/C41H85N.CH5N.2ClH/c1-4-6-8-10-12-14-16-18-20-22-24-26-28-30-32-34-36-38-40-42(3)41-39-37-35-33-31-29-27-25-23-21-19-17-15-13-11-9-7-5-2;1-2;;/h4-41H2,1-3H3;2H2,1H3;2*1H. The van der Waals surface area contributed by atoms with Gasteiger partial charge in [0.1, 0.15) is 0 Å². The second kappa shape index (κ2) is 52.3. The molecule has 0 atom stereocenters. The molecule has 2 nitrogen and oxygen atoms in total. The molecule has 0 unspecified atom stereocenters. The number of unbranched alkanes of at least 4 members (excludes halogenated alkanes) is 34. The van der Waals surface area contributed by atoms with Crippen molar-refractivity contribution in [3.05, 3.63) is 0 Å². The monoisotopic (exact) mass is 695 g/mol. The van der Waals surface area contributed by atoms with Crippen LogP contribution in [0.1, 0.15) is 245 Å². The van der Waals surface area contributed by atoms with E-state index in [-0.39, 0.29) is 24.8 Å². The van der Waals surface area contributed by atoms with Gasteiger partial charge in [-0.15, -0.1) is 0 Å². The molecule has 0 saturated carbocycles. The van der Waals surface area contributed by atoms with Crippen LogP contribution in [-0.4, -0.2) is 27.2 Å². The summed E-state index contributed by atoms with van der Waals surface area (Å²) in [5.41, 5.74) is 3.25. The van der Waals surface area contributed by atoms with Gasteiger partial charge < -0.3 is 35.4 Å². The number of rotatable bonds is 38. The Hall–Kier alpha value is 0.500. The number of halogens is 2. The average Bonchev–Trinajstić information content (AvgIpc) is 3.04. The first-order valence-electron chi connectivity index (χ1n) is 21.3. The second-order valence-corrected chi connectivity index (χ2v) is 14.5. The van der Waals surface area contributed by atoms with Crippen LogP contribution < -0.4 is 35.4 Å². The van der Waals surface area contributed by atoms with Crippen LogP contribution in [0.4, 0.5) is 0 Å². The van der Waals surface area contributed by atoms with Crippen LogP contribution in [0, 0.1) is 0 Å². The van der Waals surface area contributed by atoms with Crippen LogP contribution in [0.15, 0.2) is 0 Å². The maximum atomic E-state index is 3.25. The Morgan fingerprint density at radius 2 is 0.391 bits per heavy atom. The predicted molar refractivity (Wildman–Crippen MR) is 203 cm³/mol. The first-order chi connectivity index (χ1) is 21.8. The summed E-state index contributed by atoms with van der Waals surface area (Å²) in [7, 11) is 4.18. The van der Waals surface area contributed by atoms with Crippen molar-refractivity contribution in [1.29, 1.82) is 0 Å². The molecule has 0 aromatic carbocycles. The van der Waals surface area contributed by atoms with Crippen LogP contribution in [0.2, 0.25) is 0 Å². The topological polar surface area (TPSA) is 32.1 Å². The molecule has 46 heavy (non-hydrogen) atoms. The summed E-state index contributed by atoms with van der Waals surface area (Å²) in [6.07, 6.45) is 53.0. The van der Waals surface area contributed by atoms with Gasteiger partial charge in [0, 0.05) is 0 Å². The molecule has 284 valence electrons. The van der Waals surface area contributed by atoms with Crippen molar-refractivity contribution in [2.24, 2.45) is 0 Å². The molecule has 4 N–H and O–H groups in total. The average molecular weight is 696 g/mol. The molecular weight excluding hydrogens is 603 g/mol. The zero-order chi connectivity index (χ0) is 32.4. The molecule has 0 heterocycles. The summed E-state index contributed by atoms with van der Waals surface area (Å²) < 4.78 is 0. The first kappa shape index (κ1) is 53.3. The minimum atomic E-state index is 0. The highest BCUT2D eigenvalue weighted by molar-refractivity contribution is 4.52. The molecule has 0 bridgehead atoms. The SMILES string of the molecule is CCCCCCCCCCCCCCCCCCCC[NH+](C)CCCCCCCCCCCCCCCCCCCC.C[NH3+].[Cl-].[Cl-]. The van der Waals surface area contributed by atoms with E-state index in [0.717, 1.165) is 0 Å². The van der Waals surface area contributed by atoms with E-state index in [9.17, 15) is 0 Å². The van der Waals surface area contributed by atoms with Crippen molar-refractivity contribution in [3.8, 4) is 0 Å². The summed E-state index contributed by atoms with van der Waals surface area (Å²) in [5, 5.41) is 0. The van der Waals surface area contributed by atoms with Gasteiger partial charge in [-0.25, -0.2) is 0 Å². The Kier molecular flexibility index (Phi) is 60.6. The third-order valence-electron chi connectivity index (χ3n) is 9.91. The van der Waals surface area contributed by atoms with Gasteiger partial charge in [0.2, 0.25) is 0 Å². The molecule has 0 aliphatic carbocycles. The van der Waals surface area contributed by atoms with Gasteiger partial charge in [0.05, 0.1) is 27.2 Å². The van der Waals surface area contributed by atoms with E-state index in [1.54, 1.807) is 11.9 Å². The summed E-state index contributed by atoms with van der Waals surface area (Å²) in [5.74, 6) is 0. The highest BCUT2D eigenvalue weighted by Crippen LogP contribution is 2.15. The fourth-order valence-corrected chi connectivity index (χ4v) is 6.78. The van der Waals surface area contributed by atoms with Crippen molar-refractivity contribution >= 4 is 0 Å². The van der Waals surface area contributed by atoms with Gasteiger partial charge in [0.15, 0.2) is 0 Å². The summed E-state index contributed by atoms with van der Waals surface area (Å²) in [4.78, 5) is 1.78. The van der Waals surface area contributed by atoms with Gasteiger partial charge in [-0.3, -0.25) is 0 Å². The highest BCUT2D eigenvalue weighted by atomic mass is 35.5. The quantitative estimate of drug-likeness (QED) is 0.0697. The second-order valence-electron chi connectivity index (χ2n) is 14.5. The van der Waals surface area contributed by atoms with Crippen molar-refractivity contribution in [2.45, 2.75) is 245 Å². The number of nitrogens with one attached hydrogen (secondary N) is 1. The molecule has 0 fully saturated rings. The Morgan fingerprint density at radius 1 is 0.261 bits per heavy atom. The lowest BCUT2D eigenvalue weighted by atomic mass is 10.0. The van der Waals surface area contributed by atoms with Gasteiger partial charge in [-0.05, 0) is 25.7 Å². The summed E-state index contributed by atoms with van der Waals surface area (Å²) in [6, 6.07) is 0. The largest absolute Gasteiger partial charge is 1.00 e. The van der Waals surface area contributed by atoms with Gasteiger partial charge in [-0.1, -0.05) is 219 Å². The third-order valence-corrected chi connectivity index (χ3v) is 9.91. The molecule has 0 amide bonds. The number of hydrogen-bond acceptors (Lipinski definition) is 0. The fourth-order valence-electron chi connectivity index (χ4n) is 6.78. The van der Waals surface area contributed by atoms with Crippen LogP contribution in [0.5, 0.6) is 0 Å². The molecule has 0 spiro atoms. The lowest BCUT2D eigenvalue weighted by molar-refractivity contribution is -0.880. The zero-order valence-electron chi connectivity index (χ0n) is 32.8. The molecule has 0 aliphatic heterocycles. The predicted octanol–water partition coefficient (Wildman–Crippen LogP) is 6.45. The lowest BCUT2D eigenvalue weighted by Crippen LogP contribution is -3.09. The summed E-state index contributed by atoms with van der Waals surface area (Å²) >= 11 is 0. The minimum Gasteiger partial charge on any atom is -1.00 e. The molecule has 0 radical (unpaired) electrons. The van der Waals surface area contributed by atoms with Crippen molar-refractivity contribution in [2.75, 3.05) is 27.2 Å². The van der Waals surface area contributed by atoms with E-state index in [1.807, 2.05) is 0 Å². The van der Waals surface area contributed by atoms with Crippen LogP contribution >= 0.6 is 0 Å². The highest BCUT2D eigenvalue weighted by Gasteiger charge is 2.02. The Morgan fingerprint density at radius 3 is 0.543 bits per heavy atom. The summed E-state index contributed by atoms with van der Waals surface area (Å²) in [6.45, 7) is 7.42. The lowest BCUT2D eigenvalue weighted by Gasteiger charge is -2.13. The van der Waals surface area contributed by atoms with Crippen molar-refractivity contribution in [1.82, 2.24) is 0 Å². The van der Waals surface area contributed by atoms with Crippen molar-refractivity contribution in [3.63, 3.8) is 0 Å². The molecule has 0 rings (SSSR count). The van der Waals surface area contributed by atoms with E-state index in [0.29, 0.717) is 0 Å². The Labute approximate surface area is 306 Å². The third kappa shape index (κ3) is 51.3. The number of quaternary nitrogens is 2. The van der Waals surface area contributed by atoms with Crippen LogP contribution in [0.3, 0.4) is 0 Å². The fraction of sp³-hybridized carbons (Fsp3) is 1.00. The maximum Gasteiger partial charge on any atom is 0.0768 e. The molecule has 4 heteroatoms. The Balaban J connectivity index is -0.00000216. The van der Waals surface area contributed by atoms with Crippen molar-refractivity contribution < 1.29 is 35.4 Å². The maximum absolute atomic E-state index is 3.25. The van der Waals surface area contributed by atoms with Gasteiger partial charge in [-0.2, -0.15) is 0 Å². The van der Waals surface area contributed by atoms with E-state index in [2.05, 4.69) is 26.6 Å². The smallest absolute Gasteiger partial charge is 0.0768 e. The van der Waals surface area contributed by atoms with E-state index >= 15 is 0 Å². The zero-order valence-corrected chi connectivity index (χ0v) is 34.3. The first-order valence-corrected chi connectivity index (χ1v) is 21.3. The van der Waals surface area contributed by atoms with Crippen LogP contribution in [0.25, 0.3) is 0 Å². The van der Waals surface area contributed by atoms with Gasteiger partial charge >= 0.3 is 0 Å². The molecule has 0 aromatic heterocycles. The normalized spacial score (nSPS) is 10.8. The van der Waals surface area contributed by atoms with E-state index in [4.69, 9.17) is 0 Å². The van der Waals surface area contributed by atoms with Crippen LogP contribution in [-0.2, 0) is 0 Å². The molecule has 0 aromatic rings. The minimum absolute atomic E-state index is 0.